The lowest BCUT2D eigenvalue weighted by molar-refractivity contribution is 0.255. The molecule has 0 aliphatic carbocycles. The van der Waals surface area contributed by atoms with E-state index in [0.29, 0.717) is 12.3 Å². The smallest absolute Gasteiger partial charge is 0.244 e. The van der Waals surface area contributed by atoms with Gasteiger partial charge in [-0.1, -0.05) is 13.0 Å². The third-order valence-electron chi connectivity index (χ3n) is 5.43. The Morgan fingerprint density at radius 1 is 1.07 bits per heavy atom. The number of nitrogens with one attached hydrogen (secondary N) is 1. The number of ether oxygens (including phenoxy) is 1. The molecule has 30 heavy (non-hydrogen) atoms. The molecule has 1 N–H and O–H groups in total. The van der Waals surface area contributed by atoms with Gasteiger partial charge in [0.1, 0.15) is 16.5 Å². The lowest BCUT2D eigenvalue weighted by Crippen LogP contribution is -2.47. The Hall–Kier alpha value is -2.16. The number of aryl methyl sites for hydroxylation is 1. The summed E-state index contributed by atoms with van der Waals surface area (Å²) < 4.78 is 46.4. The summed E-state index contributed by atoms with van der Waals surface area (Å²) in [4.78, 5) is 4.76. The van der Waals surface area contributed by atoms with Crippen LogP contribution in [0.15, 0.2) is 47.4 Å². The van der Waals surface area contributed by atoms with Gasteiger partial charge in [-0.25, -0.2) is 17.5 Å². The number of hydrogen-bond donors (Lipinski definition) is 1. The van der Waals surface area contributed by atoms with Crippen molar-refractivity contribution in [1.29, 1.82) is 0 Å². The molecule has 2 aromatic carbocycles. The van der Waals surface area contributed by atoms with Crippen molar-refractivity contribution in [2.45, 2.75) is 24.7 Å². The molecule has 1 heterocycles. The summed E-state index contributed by atoms with van der Waals surface area (Å²) in [6.07, 6.45) is 1.49. The molecule has 0 radical (unpaired) electrons. The average Bonchev–Trinajstić information content (AvgIpc) is 2.77. The molecule has 0 aromatic heterocycles. The number of nitrogens with zero attached hydrogens (tertiary/aromatic N) is 2. The molecule has 0 atom stereocenters. The van der Waals surface area contributed by atoms with Crippen LogP contribution in [0.2, 0.25) is 0 Å². The molecule has 0 saturated carbocycles. The largest absolute Gasteiger partial charge is 0.495 e. The Morgan fingerprint density at radius 3 is 2.40 bits per heavy atom. The van der Waals surface area contributed by atoms with E-state index in [-0.39, 0.29) is 10.7 Å². The van der Waals surface area contributed by atoms with Gasteiger partial charge in [0, 0.05) is 38.4 Å². The van der Waals surface area contributed by atoms with Crippen LogP contribution in [0.4, 0.5) is 10.1 Å². The minimum Gasteiger partial charge on any atom is -0.495 e. The number of halogens is 1. The number of rotatable bonds is 9. The van der Waals surface area contributed by atoms with Crippen molar-refractivity contribution in [2.24, 2.45) is 0 Å². The van der Waals surface area contributed by atoms with Gasteiger partial charge in [0.25, 0.3) is 0 Å². The van der Waals surface area contributed by atoms with Crippen LogP contribution in [-0.4, -0.2) is 59.7 Å². The minimum absolute atomic E-state index is 0.192. The molecule has 1 aliphatic heterocycles. The number of benzene rings is 2. The molecule has 8 heteroatoms. The van der Waals surface area contributed by atoms with E-state index in [4.69, 9.17) is 4.74 Å². The molecule has 0 spiro atoms. The van der Waals surface area contributed by atoms with E-state index < -0.39 is 10.0 Å². The first-order valence-corrected chi connectivity index (χ1v) is 11.8. The second-order valence-corrected chi connectivity index (χ2v) is 9.13. The summed E-state index contributed by atoms with van der Waals surface area (Å²) in [5.74, 6) is 0.135. The molecule has 1 fully saturated rings. The number of sulfonamides is 1. The Bertz CT molecular complexity index is 927. The van der Waals surface area contributed by atoms with Crippen molar-refractivity contribution >= 4 is 15.7 Å². The number of anilines is 1. The van der Waals surface area contributed by atoms with Crippen LogP contribution in [0.5, 0.6) is 5.75 Å². The summed E-state index contributed by atoms with van der Waals surface area (Å²) in [6, 6.07) is 11.8. The number of methoxy groups -OCH3 is 1. The molecule has 1 aliphatic rings. The molecule has 6 nitrogen and oxygen atoms in total. The number of hydrogen-bond acceptors (Lipinski definition) is 5. The topological polar surface area (TPSA) is 61.9 Å². The van der Waals surface area contributed by atoms with Crippen molar-refractivity contribution in [1.82, 2.24) is 9.62 Å². The molecular weight excluding hydrogens is 405 g/mol. The third-order valence-corrected chi connectivity index (χ3v) is 6.92. The highest BCUT2D eigenvalue weighted by molar-refractivity contribution is 7.89. The predicted octanol–water partition coefficient (Wildman–Crippen LogP) is 2.89. The lowest BCUT2D eigenvalue weighted by atomic mass is 10.2. The fourth-order valence-corrected chi connectivity index (χ4v) is 4.91. The summed E-state index contributed by atoms with van der Waals surface area (Å²) in [6.45, 7) is 6.73. The number of piperazine rings is 1. The van der Waals surface area contributed by atoms with Gasteiger partial charge in [-0.3, -0.25) is 4.90 Å². The van der Waals surface area contributed by atoms with Crippen molar-refractivity contribution in [2.75, 3.05) is 51.3 Å². The van der Waals surface area contributed by atoms with Gasteiger partial charge in [-0.05, 0) is 61.3 Å². The van der Waals surface area contributed by atoms with E-state index in [1.54, 1.807) is 12.1 Å². The van der Waals surface area contributed by atoms with E-state index in [1.165, 1.54) is 19.2 Å². The molecule has 1 saturated heterocycles. The quantitative estimate of drug-likeness (QED) is 0.614. The first kappa shape index (κ1) is 22.5. The van der Waals surface area contributed by atoms with E-state index >= 15 is 0 Å². The molecule has 0 unspecified atom stereocenters. The van der Waals surface area contributed by atoms with Crippen LogP contribution in [0.1, 0.15) is 18.9 Å². The van der Waals surface area contributed by atoms with Crippen LogP contribution in [0, 0.1) is 5.82 Å². The molecule has 0 bridgehead atoms. The highest BCUT2D eigenvalue weighted by atomic mass is 32.2. The zero-order chi connectivity index (χ0) is 21.6. The average molecular weight is 436 g/mol. The summed E-state index contributed by atoms with van der Waals surface area (Å²) in [7, 11) is -2.14. The maximum Gasteiger partial charge on any atom is 0.244 e. The van der Waals surface area contributed by atoms with E-state index in [9.17, 15) is 12.8 Å². The van der Waals surface area contributed by atoms with Crippen molar-refractivity contribution in [3.05, 3.63) is 53.8 Å². The maximum atomic E-state index is 13.1. The van der Waals surface area contributed by atoms with Gasteiger partial charge < -0.3 is 9.64 Å². The van der Waals surface area contributed by atoms with Gasteiger partial charge in [-0.2, -0.15) is 0 Å². The molecule has 0 amide bonds. The first-order chi connectivity index (χ1) is 14.4. The summed E-state index contributed by atoms with van der Waals surface area (Å²) in [5.41, 5.74) is 1.99. The van der Waals surface area contributed by atoms with Gasteiger partial charge in [0.15, 0.2) is 0 Å². The van der Waals surface area contributed by atoms with Gasteiger partial charge in [-0.15, -0.1) is 0 Å². The fourth-order valence-electron chi connectivity index (χ4n) is 3.62. The Kier molecular flexibility index (Phi) is 7.69. The zero-order valence-electron chi connectivity index (χ0n) is 17.6. The van der Waals surface area contributed by atoms with Crippen LogP contribution in [0.25, 0.3) is 0 Å². The van der Waals surface area contributed by atoms with E-state index in [0.717, 1.165) is 56.8 Å². The van der Waals surface area contributed by atoms with Crippen LogP contribution in [-0.2, 0) is 16.4 Å². The molecule has 2 aromatic rings. The first-order valence-electron chi connectivity index (χ1n) is 10.3. The second kappa shape index (κ2) is 10.2. The Balaban J connectivity index is 1.46. The molecular formula is C22H30FN3O3S. The van der Waals surface area contributed by atoms with Crippen LogP contribution in [0.3, 0.4) is 0 Å². The third kappa shape index (κ3) is 5.71. The SMILES string of the molecule is CCc1ccc(OC)c(S(=O)(=O)NCCCN2CCN(c3ccc(F)cc3)CC2)c1. The molecule has 164 valence electrons. The fraction of sp³-hybridized carbons (Fsp3) is 0.455. The van der Waals surface area contributed by atoms with Crippen molar-refractivity contribution < 1.29 is 17.5 Å². The standard InChI is InChI=1S/C22H30FN3O3S/c1-3-18-5-10-21(29-2)22(17-18)30(27,28)24-11-4-12-25-13-15-26(16-14-25)20-8-6-19(23)7-9-20/h5-10,17,24H,3-4,11-16H2,1-2H3. The van der Waals surface area contributed by atoms with Crippen molar-refractivity contribution in [3.63, 3.8) is 0 Å². The van der Waals surface area contributed by atoms with Gasteiger partial charge in [0.05, 0.1) is 7.11 Å². The second-order valence-electron chi connectivity index (χ2n) is 7.40. The summed E-state index contributed by atoms with van der Waals surface area (Å²) >= 11 is 0. The van der Waals surface area contributed by atoms with Crippen molar-refractivity contribution in [3.8, 4) is 5.75 Å². The molecule has 3 rings (SSSR count). The highest BCUT2D eigenvalue weighted by Gasteiger charge is 2.20. The Labute approximate surface area is 178 Å². The van der Waals surface area contributed by atoms with Gasteiger partial charge >= 0.3 is 0 Å². The van der Waals surface area contributed by atoms with Crippen LogP contribution >= 0.6 is 0 Å². The monoisotopic (exact) mass is 435 g/mol. The Morgan fingerprint density at radius 2 is 1.77 bits per heavy atom. The maximum absolute atomic E-state index is 13.1. The lowest BCUT2D eigenvalue weighted by Gasteiger charge is -2.36. The van der Waals surface area contributed by atoms with Crippen LogP contribution < -0.4 is 14.4 Å². The normalized spacial score (nSPS) is 15.4. The zero-order valence-corrected chi connectivity index (χ0v) is 18.4. The van der Waals surface area contributed by atoms with E-state index in [2.05, 4.69) is 14.5 Å². The minimum atomic E-state index is -3.62. The summed E-state index contributed by atoms with van der Waals surface area (Å²) in [5, 5.41) is 0. The van der Waals surface area contributed by atoms with E-state index in [1.807, 2.05) is 25.1 Å². The van der Waals surface area contributed by atoms with Gasteiger partial charge in [0.2, 0.25) is 10.0 Å². The predicted molar refractivity (Wildman–Crippen MR) is 117 cm³/mol. The highest BCUT2D eigenvalue weighted by Crippen LogP contribution is 2.25.